The number of piperidine rings is 1. The Hall–Kier alpha value is -2.19. The van der Waals surface area contributed by atoms with Crippen molar-refractivity contribution >= 4 is 16.0 Å². The number of aryl methyl sites for hydroxylation is 2. The Morgan fingerprint density at radius 2 is 2.00 bits per heavy atom. The van der Waals surface area contributed by atoms with Gasteiger partial charge in [-0.2, -0.15) is 4.31 Å². The molecule has 0 aliphatic carbocycles. The second-order valence-corrected chi connectivity index (χ2v) is 8.24. The molecule has 0 bridgehead atoms. The molecular weight excluding hydrogens is 356 g/mol. The molecule has 0 saturated carbocycles. The number of hydrogen-bond acceptors (Lipinski definition) is 6. The van der Waals surface area contributed by atoms with E-state index in [0.717, 1.165) is 12.8 Å². The van der Waals surface area contributed by atoms with E-state index in [2.05, 4.69) is 5.16 Å². The quantitative estimate of drug-likeness (QED) is 0.743. The van der Waals surface area contributed by atoms with Crippen LogP contribution < -0.4 is 0 Å². The van der Waals surface area contributed by atoms with Gasteiger partial charge in [-0.25, -0.2) is 8.42 Å². The lowest BCUT2D eigenvalue weighted by Crippen LogP contribution is -2.48. The van der Waals surface area contributed by atoms with Crippen LogP contribution in [0.15, 0.2) is 39.8 Å². The van der Waals surface area contributed by atoms with E-state index in [1.807, 2.05) is 0 Å². The van der Waals surface area contributed by atoms with Gasteiger partial charge in [0.1, 0.15) is 18.4 Å². The monoisotopic (exact) mass is 378 g/mol. The lowest BCUT2D eigenvalue weighted by atomic mass is 10.1. The average Bonchev–Trinajstić information content (AvgIpc) is 2.98. The van der Waals surface area contributed by atoms with Gasteiger partial charge in [-0.05, 0) is 45.2 Å². The van der Waals surface area contributed by atoms with Crippen molar-refractivity contribution in [3.8, 4) is 0 Å². The molecule has 1 fully saturated rings. The maximum absolute atomic E-state index is 12.9. The predicted molar refractivity (Wildman–Crippen MR) is 93.7 cm³/mol. The number of carbonyl (C=O) groups is 1. The Kier molecular flexibility index (Phi) is 5.43. The van der Waals surface area contributed by atoms with Crippen LogP contribution in [0.4, 0.5) is 0 Å². The van der Waals surface area contributed by atoms with Crippen LogP contribution in [0.25, 0.3) is 0 Å². The third kappa shape index (κ3) is 3.66. The molecule has 1 atom stereocenters. The summed E-state index contributed by atoms with van der Waals surface area (Å²) in [6.07, 6.45) is 1.96. The summed E-state index contributed by atoms with van der Waals surface area (Å²) in [5.41, 5.74) is 1.37. The number of benzene rings is 1. The van der Waals surface area contributed by atoms with Crippen LogP contribution in [0.2, 0.25) is 0 Å². The minimum Gasteiger partial charge on any atom is -0.459 e. The highest BCUT2D eigenvalue weighted by Gasteiger charge is 2.38. The highest BCUT2D eigenvalue weighted by Crippen LogP contribution is 2.26. The largest absolute Gasteiger partial charge is 0.459 e. The van der Waals surface area contributed by atoms with E-state index >= 15 is 0 Å². The molecule has 26 heavy (non-hydrogen) atoms. The summed E-state index contributed by atoms with van der Waals surface area (Å²) in [4.78, 5) is 12.8. The first kappa shape index (κ1) is 18.6. The van der Waals surface area contributed by atoms with Crippen molar-refractivity contribution in [3.05, 3.63) is 47.3 Å². The van der Waals surface area contributed by atoms with Crippen molar-refractivity contribution in [1.29, 1.82) is 0 Å². The fraction of sp³-hybridized carbons (Fsp3) is 0.444. The molecule has 2 aromatic rings. The minimum absolute atomic E-state index is 0.0235. The van der Waals surface area contributed by atoms with Crippen LogP contribution in [0.1, 0.15) is 36.3 Å². The van der Waals surface area contributed by atoms with Gasteiger partial charge in [0.15, 0.2) is 0 Å². The van der Waals surface area contributed by atoms with Gasteiger partial charge in [-0.15, -0.1) is 0 Å². The van der Waals surface area contributed by atoms with Crippen LogP contribution >= 0.6 is 0 Å². The number of ether oxygens (including phenoxy) is 1. The summed E-state index contributed by atoms with van der Waals surface area (Å²) in [5, 5.41) is 3.83. The molecular formula is C18H22N2O5S. The van der Waals surface area contributed by atoms with E-state index in [1.165, 1.54) is 16.4 Å². The van der Waals surface area contributed by atoms with Gasteiger partial charge in [-0.3, -0.25) is 4.79 Å². The van der Waals surface area contributed by atoms with Crippen LogP contribution in [0.3, 0.4) is 0 Å². The zero-order valence-electron chi connectivity index (χ0n) is 14.8. The first-order valence-corrected chi connectivity index (χ1v) is 10.0. The topological polar surface area (TPSA) is 89.7 Å². The summed E-state index contributed by atoms with van der Waals surface area (Å²) < 4.78 is 37.6. The summed E-state index contributed by atoms with van der Waals surface area (Å²) in [6.45, 7) is 3.85. The molecule has 7 nitrogen and oxygen atoms in total. The maximum Gasteiger partial charge on any atom is 0.324 e. The highest BCUT2D eigenvalue weighted by atomic mass is 32.2. The number of hydrogen-bond donors (Lipinski definition) is 0. The number of sulfonamides is 1. The van der Waals surface area contributed by atoms with Crippen molar-refractivity contribution in [2.75, 3.05) is 6.54 Å². The zero-order chi connectivity index (χ0) is 18.7. The lowest BCUT2D eigenvalue weighted by Gasteiger charge is -2.33. The standard InChI is InChI=1S/C18H22N2O5S/c1-13-16(14(2)25-19-13)12-24-18(21)17-10-6-7-11-20(17)26(22,23)15-8-4-3-5-9-15/h3-5,8-9,17H,6-7,10-12H2,1-2H3. The molecule has 1 aliphatic rings. The Morgan fingerprint density at radius 1 is 1.27 bits per heavy atom. The number of rotatable bonds is 5. The van der Waals surface area contributed by atoms with Gasteiger partial charge >= 0.3 is 5.97 Å². The number of esters is 1. The van der Waals surface area contributed by atoms with E-state index in [1.54, 1.807) is 32.0 Å². The van der Waals surface area contributed by atoms with Crippen LogP contribution in [-0.4, -0.2) is 36.4 Å². The molecule has 0 radical (unpaired) electrons. The first-order chi connectivity index (χ1) is 12.4. The first-order valence-electron chi connectivity index (χ1n) is 8.56. The Labute approximate surface area is 153 Å². The fourth-order valence-electron chi connectivity index (χ4n) is 3.10. The van der Waals surface area contributed by atoms with E-state index in [9.17, 15) is 13.2 Å². The Balaban J connectivity index is 1.77. The van der Waals surface area contributed by atoms with Gasteiger partial charge in [-0.1, -0.05) is 23.4 Å². The third-order valence-corrected chi connectivity index (χ3v) is 6.54. The van der Waals surface area contributed by atoms with Crippen LogP contribution in [0, 0.1) is 13.8 Å². The molecule has 1 unspecified atom stereocenters. The molecule has 8 heteroatoms. The average molecular weight is 378 g/mol. The molecule has 3 rings (SSSR count). The van der Waals surface area contributed by atoms with E-state index < -0.39 is 22.0 Å². The smallest absolute Gasteiger partial charge is 0.324 e. The summed E-state index contributed by atoms with van der Waals surface area (Å²) in [7, 11) is -3.74. The van der Waals surface area contributed by atoms with E-state index in [4.69, 9.17) is 9.26 Å². The van der Waals surface area contributed by atoms with Gasteiger partial charge in [0, 0.05) is 6.54 Å². The predicted octanol–water partition coefficient (Wildman–Crippen LogP) is 2.58. The third-order valence-electron chi connectivity index (χ3n) is 4.62. The summed E-state index contributed by atoms with van der Waals surface area (Å²) >= 11 is 0. The number of carbonyl (C=O) groups excluding carboxylic acids is 1. The Morgan fingerprint density at radius 3 is 2.65 bits per heavy atom. The summed E-state index contributed by atoms with van der Waals surface area (Å²) in [6, 6.07) is 7.36. The van der Waals surface area contributed by atoms with Gasteiger partial charge in [0.25, 0.3) is 0 Å². The molecule has 1 aromatic heterocycles. The molecule has 1 saturated heterocycles. The van der Waals surface area contributed by atoms with E-state index in [-0.39, 0.29) is 11.5 Å². The second-order valence-electron chi connectivity index (χ2n) is 6.35. The molecule has 0 N–H and O–H groups in total. The molecule has 1 aliphatic heterocycles. The fourth-order valence-corrected chi connectivity index (χ4v) is 4.77. The SMILES string of the molecule is Cc1noc(C)c1COC(=O)C1CCCCN1S(=O)(=O)c1ccccc1. The van der Waals surface area contributed by atoms with Crippen molar-refractivity contribution in [2.24, 2.45) is 0 Å². The van der Waals surface area contributed by atoms with E-state index in [0.29, 0.717) is 30.0 Å². The van der Waals surface area contributed by atoms with Gasteiger partial charge < -0.3 is 9.26 Å². The molecule has 0 amide bonds. The van der Waals surface area contributed by atoms with Crippen molar-refractivity contribution in [3.63, 3.8) is 0 Å². The lowest BCUT2D eigenvalue weighted by molar-refractivity contribution is -0.150. The van der Waals surface area contributed by atoms with Crippen molar-refractivity contribution < 1.29 is 22.5 Å². The molecule has 1 aromatic carbocycles. The summed E-state index contributed by atoms with van der Waals surface area (Å²) in [5.74, 6) is 0.0527. The normalized spacial score (nSPS) is 18.6. The van der Waals surface area contributed by atoms with Crippen LogP contribution in [-0.2, 0) is 26.2 Å². The highest BCUT2D eigenvalue weighted by molar-refractivity contribution is 7.89. The molecule has 0 spiro atoms. The zero-order valence-corrected chi connectivity index (χ0v) is 15.7. The number of aromatic nitrogens is 1. The second kappa shape index (κ2) is 7.59. The minimum atomic E-state index is -3.74. The van der Waals surface area contributed by atoms with Crippen molar-refractivity contribution in [2.45, 2.75) is 50.7 Å². The molecule has 140 valence electrons. The van der Waals surface area contributed by atoms with Gasteiger partial charge in [0.2, 0.25) is 10.0 Å². The number of nitrogens with zero attached hydrogens (tertiary/aromatic N) is 2. The maximum atomic E-state index is 12.9. The van der Waals surface area contributed by atoms with Crippen molar-refractivity contribution in [1.82, 2.24) is 9.46 Å². The van der Waals surface area contributed by atoms with Gasteiger partial charge in [0.05, 0.1) is 16.2 Å². The Bertz CT molecular complexity index is 857. The van der Waals surface area contributed by atoms with Crippen LogP contribution in [0.5, 0.6) is 0 Å². The molecule has 2 heterocycles.